The first kappa shape index (κ1) is 24.8. The van der Waals surface area contributed by atoms with Gasteiger partial charge in [0.25, 0.3) is 17.7 Å². The van der Waals surface area contributed by atoms with Crippen molar-refractivity contribution in [3.05, 3.63) is 82.4 Å². The van der Waals surface area contributed by atoms with Gasteiger partial charge in [0.15, 0.2) is 0 Å². The van der Waals surface area contributed by atoms with Crippen LogP contribution in [-0.4, -0.2) is 48.5 Å². The highest BCUT2D eigenvalue weighted by molar-refractivity contribution is 6.32. The van der Waals surface area contributed by atoms with E-state index in [-0.39, 0.29) is 30.4 Å². The molecule has 0 spiro atoms. The zero-order chi connectivity index (χ0) is 25.9. The first-order chi connectivity index (χ1) is 17.9. The molecular formula is C28H25ClN2O6. The quantitative estimate of drug-likeness (QED) is 0.391. The van der Waals surface area contributed by atoms with Gasteiger partial charge >= 0.3 is 0 Å². The number of carbonyl (C=O) groups excluding carboxylic acids is 3. The van der Waals surface area contributed by atoms with E-state index >= 15 is 0 Å². The van der Waals surface area contributed by atoms with Gasteiger partial charge in [0.2, 0.25) is 0 Å². The maximum absolute atomic E-state index is 12.9. The lowest BCUT2D eigenvalue weighted by molar-refractivity contribution is 0.0475. The molecule has 5 rings (SSSR count). The number of hydrogen-bond acceptors (Lipinski definition) is 6. The predicted molar refractivity (Wildman–Crippen MR) is 138 cm³/mol. The molecule has 8 nitrogen and oxygen atoms in total. The second-order valence-electron chi connectivity index (χ2n) is 8.73. The lowest BCUT2D eigenvalue weighted by atomic mass is 10.1. The van der Waals surface area contributed by atoms with Crippen molar-refractivity contribution in [2.45, 2.75) is 25.9 Å². The third-order valence-electron chi connectivity index (χ3n) is 6.17. The van der Waals surface area contributed by atoms with Crippen LogP contribution in [0.2, 0.25) is 5.02 Å². The van der Waals surface area contributed by atoms with E-state index in [2.05, 4.69) is 5.32 Å². The molecule has 0 aliphatic carbocycles. The number of rotatable bonds is 8. The van der Waals surface area contributed by atoms with Gasteiger partial charge in [-0.1, -0.05) is 17.7 Å². The molecule has 0 aromatic heterocycles. The Morgan fingerprint density at radius 3 is 2.62 bits per heavy atom. The van der Waals surface area contributed by atoms with Crippen molar-refractivity contribution < 1.29 is 28.6 Å². The van der Waals surface area contributed by atoms with E-state index in [9.17, 15) is 14.4 Å². The Balaban J connectivity index is 1.27. The molecule has 3 aromatic rings. The van der Waals surface area contributed by atoms with Crippen molar-refractivity contribution in [2.24, 2.45) is 0 Å². The van der Waals surface area contributed by atoms with Gasteiger partial charge < -0.3 is 19.5 Å². The molecule has 9 heteroatoms. The summed E-state index contributed by atoms with van der Waals surface area (Å²) in [5.41, 5.74) is 1.56. The zero-order valence-corrected chi connectivity index (χ0v) is 20.9. The summed E-state index contributed by atoms with van der Waals surface area (Å²) in [4.78, 5) is 39.6. The second kappa shape index (κ2) is 10.6. The molecule has 1 saturated heterocycles. The molecule has 2 aliphatic heterocycles. The lowest BCUT2D eigenvalue weighted by Crippen LogP contribution is -2.36. The SMILES string of the molecule is CCOc1ccc(C(=O)Nc2cccc(Oc3ccc4c(c3)C(=O)N(CC3CCCO3)C4=O)c2)cc1Cl. The molecule has 0 saturated carbocycles. The maximum atomic E-state index is 12.9. The van der Waals surface area contributed by atoms with Crippen LogP contribution >= 0.6 is 11.6 Å². The Labute approximate surface area is 219 Å². The van der Waals surface area contributed by atoms with Crippen LogP contribution in [0.5, 0.6) is 17.2 Å². The molecule has 0 radical (unpaired) electrons. The smallest absolute Gasteiger partial charge is 0.261 e. The minimum atomic E-state index is -0.351. The number of nitrogens with one attached hydrogen (secondary N) is 1. The van der Waals surface area contributed by atoms with Crippen LogP contribution in [0.1, 0.15) is 50.8 Å². The number of imide groups is 1. The number of ether oxygens (including phenoxy) is 3. The van der Waals surface area contributed by atoms with E-state index in [0.717, 1.165) is 12.8 Å². The number of carbonyl (C=O) groups is 3. The molecule has 190 valence electrons. The first-order valence-corrected chi connectivity index (χ1v) is 12.4. The summed E-state index contributed by atoms with van der Waals surface area (Å²) in [5, 5.41) is 3.17. The number of halogens is 1. The number of hydrogen-bond donors (Lipinski definition) is 1. The van der Waals surface area contributed by atoms with Crippen LogP contribution in [0.15, 0.2) is 60.7 Å². The Morgan fingerprint density at radius 1 is 1.05 bits per heavy atom. The van der Waals surface area contributed by atoms with Crippen molar-refractivity contribution in [2.75, 3.05) is 25.1 Å². The fraction of sp³-hybridized carbons (Fsp3) is 0.250. The Hall–Kier alpha value is -3.88. The van der Waals surface area contributed by atoms with E-state index in [1.165, 1.54) is 4.90 Å². The molecule has 1 atom stereocenters. The van der Waals surface area contributed by atoms with Gasteiger partial charge in [0, 0.05) is 23.9 Å². The Morgan fingerprint density at radius 2 is 1.86 bits per heavy atom. The normalized spacial score (nSPS) is 16.6. The van der Waals surface area contributed by atoms with Gasteiger partial charge in [-0.15, -0.1) is 0 Å². The van der Waals surface area contributed by atoms with Crippen LogP contribution in [0, 0.1) is 0 Å². The van der Waals surface area contributed by atoms with E-state index in [4.69, 9.17) is 25.8 Å². The molecule has 1 fully saturated rings. The minimum absolute atomic E-state index is 0.116. The van der Waals surface area contributed by atoms with E-state index < -0.39 is 0 Å². The monoisotopic (exact) mass is 520 g/mol. The molecule has 0 bridgehead atoms. The summed E-state index contributed by atoms with van der Waals surface area (Å²) < 4.78 is 16.9. The summed E-state index contributed by atoms with van der Waals surface area (Å²) in [5.74, 6) is 0.365. The van der Waals surface area contributed by atoms with E-state index in [1.807, 2.05) is 6.92 Å². The molecule has 2 aliphatic rings. The molecule has 3 amide bonds. The standard InChI is InChI=1S/C28H25ClN2O6/c1-2-35-25-11-8-17(13-24(25)29)26(32)30-18-5-3-6-19(14-18)37-20-9-10-22-23(15-20)28(34)31(27(22)33)16-21-7-4-12-36-21/h3,5-6,8-11,13-15,21H,2,4,7,12,16H2,1H3,(H,30,32). The summed E-state index contributed by atoms with van der Waals surface area (Å²) >= 11 is 6.20. The van der Waals surface area contributed by atoms with Gasteiger partial charge in [-0.3, -0.25) is 19.3 Å². The third kappa shape index (κ3) is 5.30. The highest BCUT2D eigenvalue weighted by Crippen LogP contribution is 2.31. The summed E-state index contributed by atoms with van der Waals surface area (Å²) in [6.45, 7) is 3.23. The van der Waals surface area contributed by atoms with Gasteiger partial charge in [-0.25, -0.2) is 0 Å². The minimum Gasteiger partial charge on any atom is -0.492 e. The number of amides is 3. The van der Waals surface area contributed by atoms with Crippen LogP contribution in [0.3, 0.4) is 0 Å². The Bertz CT molecular complexity index is 1370. The maximum Gasteiger partial charge on any atom is 0.261 e. The highest BCUT2D eigenvalue weighted by Gasteiger charge is 2.37. The highest BCUT2D eigenvalue weighted by atomic mass is 35.5. The zero-order valence-electron chi connectivity index (χ0n) is 20.2. The van der Waals surface area contributed by atoms with Crippen molar-refractivity contribution in [3.63, 3.8) is 0 Å². The van der Waals surface area contributed by atoms with Crippen LogP contribution in [0.4, 0.5) is 5.69 Å². The first-order valence-electron chi connectivity index (χ1n) is 12.1. The fourth-order valence-corrected chi connectivity index (χ4v) is 4.62. The average molecular weight is 521 g/mol. The molecule has 37 heavy (non-hydrogen) atoms. The molecule has 2 heterocycles. The molecular weight excluding hydrogens is 496 g/mol. The van der Waals surface area contributed by atoms with Crippen molar-refractivity contribution >= 4 is 35.0 Å². The van der Waals surface area contributed by atoms with Gasteiger partial charge in [-0.05, 0) is 68.3 Å². The summed E-state index contributed by atoms with van der Waals surface area (Å²) in [6, 6.07) is 16.5. The number of benzene rings is 3. The van der Waals surface area contributed by atoms with Crippen molar-refractivity contribution in [1.29, 1.82) is 0 Å². The van der Waals surface area contributed by atoms with Gasteiger partial charge in [0.1, 0.15) is 17.2 Å². The summed E-state index contributed by atoms with van der Waals surface area (Å²) in [7, 11) is 0. The number of fused-ring (bicyclic) bond motifs is 1. The van der Waals surface area contributed by atoms with Crippen LogP contribution < -0.4 is 14.8 Å². The Kier molecular flexibility index (Phi) is 7.12. The predicted octanol–water partition coefficient (Wildman–Crippen LogP) is 5.56. The van der Waals surface area contributed by atoms with Crippen LogP contribution in [-0.2, 0) is 4.74 Å². The van der Waals surface area contributed by atoms with E-state index in [0.29, 0.717) is 57.9 Å². The van der Waals surface area contributed by atoms with Gasteiger partial charge in [0.05, 0.1) is 35.4 Å². The fourth-order valence-electron chi connectivity index (χ4n) is 4.38. The second-order valence-corrected chi connectivity index (χ2v) is 9.13. The van der Waals surface area contributed by atoms with Crippen LogP contribution in [0.25, 0.3) is 0 Å². The number of anilines is 1. The molecule has 1 N–H and O–H groups in total. The summed E-state index contributed by atoms with van der Waals surface area (Å²) in [6.07, 6.45) is 1.65. The van der Waals surface area contributed by atoms with Gasteiger partial charge in [-0.2, -0.15) is 0 Å². The molecule has 3 aromatic carbocycles. The average Bonchev–Trinajstić information content (AvgIpc) is 3.48. The van der Waals surface area contributed by atoms with Crippen molar-refractivity contribution in [3.8, 4) is 17.2 Å². The lowest BCUT2D eigenvalue weighted by Gasteiger charge is -2.17. The largest absolute Gasteiger partial charge is 0.492 e. The van der Waals surface area contributed by atoms with Crippen molar-refractivity contribution in [1.82, 2.24) is 4.90 Å². The topological polar surface area (TPSA) is 94.2 Å². The number of nitrogens with zero attached hydrogens (tertiary/aromatic N) is 1. The van der Waals surface area contributed by atoms with E-state index in [1.54, 1.807) is 60.7 Å². The third-order valence-corrected chi connectivity index (χ3v) is 6.47. The molecule has 1 unspecified atom stereocenters.